The number of carbonyl (C=O) groups is 1. The topological polar surface area (TPSA) is 62.5 Å². The molecule has 0 aromatic carbocycles. The quantitative estimate of drug-likeness (QED) is 0.854. The van der Waals surface area contributed by atoms with Crippen LogP contribution in [0.3, 0.4) is 0 Å². The van der Waals surface area contributed by atoms with Crippen molar-refractivity contribution >= 4 is 11.7 Å². The molecule has 1 aromatic heterocycles. The van der Waals surface area contributed by atoms with Gasteiger partial charge in [0.2, 0.25) is 0 Å². The molecule has 27 heavy (non-hydrogen) atoms. The van der Waals surface area contributed by atoms with Gasteiger partial charge in [0.05, 0.1) is 17.4 Å². The van der Waals surface area contributed by atoms with Crippen molar-refractivity contribution in [2.45, 2.75) is 46.6 Å². The Kier molecular flexibility index (Phi) is 4.89. The lowest BCUT2D eigenvalue weighted by Crippen LogP contribution is -2.42. The third-order valence-corrected chi connectivity index (χ3v) is 5.52. The highest BCUT2D eigenvalue weighted by Gasteiger charge is 2.35. The van der Waals surface area contributed by atoms with Gasteiger partial charge in [0.25, 0.3) is 0 Å². The van der Waals surface area contributed by atoms with E-state index >= 15 is 0 Å². The minimum atomic E-state index is -1.18. The van der Waals surface area contributed by atoms with Crippen molar-refractivity contribution < 1.29 is 9.90 Å². The first-order chi connectivity index (χ1) is 12.6. The molecule has 1 unspecified atom stereocenters. The van der Waals surface area contributed by atoms with Crippen molar-refractivity contribution in [1.29, 1.82) is 0 Å². The lowest BCUT2D eigenvalue weighted by molar-refractivity contribution is 0.0693. The van der Waals surface area contributed by atoms with Gasteiger partial charge in [-0.2, -0.15) is 0 Å². The second-order valence-electron chi connectivity index (χ2n) is 8.50. The summed E-state index contributed by atoms with van der Waals surface area (Å²) < 4.78 is 2.00. The molecule has 0 spiro atoms. The zero-order chi connectivity index (χ0) is 19.9. The molecule has 0 saturated carbocycles. The number of aromatic nitrogens is 1. The van der Waals surface area contributed by atoms with E-state index in [1.54, 1.807) is 0 Å². The molecule has 0 fully saturated rings. The van der Waals surface area contributed by atoms with E-state index < -0.39 is 11.4 Å². The second kappa shape index (κ2) is 6.87. The second-order valence-corrected chi connectivity index (χ2v) is 8.50. The van der Waals surface area contributed by atoms with Crippen molar-refractivity contribution in [1.82, 2.24) is 9.47 Å². The van der Waals surface area contributed by atoms with Crippen LogP contribution in [0, 0.1) is 5.41 Å². The van der Waals surface area contributed by atoms with Gasteiger partial charge in [0, 0.05) is 25.9 Å². The number of hydrogen-bond acceptors (Lipinski definition) is 3. The van der Waals surface area contributed by atoms with Crippen LogP contribution in [0.1, 0.15) is 62.6 Å². The van der Waals surface area contributed by atoms with Gasteiger partial charge in [0.15, 0.2) is 5.43 Å². The Balaban J connectivity index is 2.27. The minimum absolute atomic E-state index is 0.0642. The monoisotopic (exact) mass is 368 g/mol. The Morgan fingerprint density at radius 3 is 2.63 bits per heavy atom. The first-order valence-electron chi connectivity index (χ1n) is 9.43. The van der Waals surface area contributed by atoms with Crippen LogP contribution in [0.4, 0.5) is 0 Å². The maximum absolute atomic E-state index is 12.5. The summed E-state index contributed by atoms with van der Waals surface area (Å²) in [6.45, 7) is 9.33. The lowest BCUT2D eigenvalue weighted by atomic mass is 9.83. The zero-order valence-corrected chi connectivity index (χ0v) is 16.7. The normalized spacial score (nSPS) is 22.5. The standard InChI is InChI=1S/C22H28N2O3/c1-6-14-8-7-9-15(10-14)20-17-11-18(25)16(21(26)27)12-24(17)19(13-23(20)5)22(2,3)4/h7-9,11-12,19H,6,10,13H2,1-5H3,(H,26,27)/b20-15-. The van der Waals surface area contributed by atoms with Gasteiger partial charge in [-0.05, 0) is 23.8 Å². The highest BCUT2D eigenvalue weighted by atomic mass is 16.4. The Labute approximate surface area is 160 Å². The van der Waals surface area contributed by atoms with E-state index in [2.05, 4.69) is 57.9 Å². The number of fused-ring (bicyclic) bond motifs is 1. The Morgan fingerprint density at radius 2 is 2.04 bits per heavy atom. The predicted octanol–water partition coefficient (Wildman–Crippen LogP) is 4.09. The molecule has 1 aromatic rings. The molecule has 5 nitrogen and oxygen atoms in total. The summed E-state index contributed by atoms with van der Waals surface area (Å²) in [7, 11) is 2.05. The van der Waals surface area contributed by atoms with Crippen molar-refractivity contribution in [3.8, 4) is 0 Å². The molecule has 0 saturated heterocycles. The number of carboxylic acids is 1. The number of hydrogen-bond donors (Lipinski definition) is 1. The number of allylic oxidation sites excluding steroid dienone is 5. The summed E-state index contributed by atoms with van der Waals surface area (Å²) in [5.41, 5.74) is 3.63. The van der Waals surface area contributed by atoms with Crippen LogP contribution < -0.4 is 5.43 Å². The first kappa shape index (κ1) is 19.2. The van der Waals surface area contributed by atoms with Crippen molar-refractivity contribution in [2.75, 3.05) is 13.6 Å². The molecular weight excluding hydrogens is 340 g/mol. The van der Waals surface area contributed by atoms with E-state index in [1.807, 2.05) is 4.57 Å². The largest absolute Gasteiger partial charge is 0.477 e. The minimum Gasteiger partial charge on any atom is -0.477 e. The van der Waals surface area contributed by atoms with Gasteiger partial charge in [-0.1, -0.05) is 51.5 Å². The maximum Gasteiger partial charge on any atom is 0.341 e. The average Bonchev–Trinajstić information content (AvgIpc) is 2.59. The molecule has 2 heterocycles. The van der Waals surface area contributed by atoms with Crippen molar-refractivity contribution in [3.63, 3.8) is 0 Å². The number of likely N-dealkylation sites (N-methyl/N-ethyl adjacent to an activating group) is 1. The molecule has 1 N–H and O–H groups in total. The summed E-state index contributed by atoms with van der Waals surface area (Å²) in [5.74, 6) is -1.18. The van der Waals surface area contributed by atoms with E-state index in [-0.39, 0.29) is 17.0 Å². The molecule has 0 bridgehead atoms. The molecule has 2 aliphatic rings. The number of carboxylic acid groups (broad SMARTS) is 1. The van der Waals surface area contributed by atoms with Gasteiger partial charge in [0.1, 0.15) is 5.56 Å². The van der Waals surface area contributed by atoms with Gasteiger partial charge >= 0.3 is 5.97 Å². The van der Waals surface area contributed by atoms with Gasteiger partial charge in [-0.3, -0.25) is 4.79 Å². The Morgan fingerprint density at radius 1 is 1.33 bits per heavy atom. The fraction of sp³-hybridized carbons (Fsp3) is 0.455. The van der Waals surface area contributed by atoms with Crippen LogP contribution in [0.5, 0.6) is 0 Å². The average molecular weight is 368 g/mol. The number of rotatable bonds is 2. The van der Waals surface area contributed by atoms with Crippen LogP contribution in [0.15, 0.2) is 46.4 Å². The van der Waals surface area contributed by atoms with Crippen LogP contribution in [-0.2, 0) is 0 Å². The van der Waals surface area contributed by atoms with Crippen LogP contribution >= 0.6 is 0 Å². The number of nitrogens with zero attached hydrogens (tertiary/aromatic N) is 2. The summed E-state index contributed by atoms with van der Waals surface area (Å²) >= 11 is 0. The maximum atomic E-state index is 12.5. The molecule has 144 valence electrons. The fourth-order valence-corrected chi connectivity index (χ4v) is 3.96. The van der Waals surface area contributed by atoms with E-state index in [1.165, 1.54) is 23.4 Å². The smallest absolute Gasteiger partial charge is 0.341 e. The van der Waals surface area contributed by atoms with Crippen LogP contribution in [-0.4, -0.2) is 34.1 Å². The highest BCUT2D eigenvalue weighted by molar-refractivity contribution is 5.87. The molecule has 1 aliphatic heterocycles. The van der Waals surface area contributed by atoms with E-state index in [4.69, 9.17) is 0 Å². The number of pyridine rings is 1. The summed E-state index contributed by atoms with van der Waals surface area (Å²) in [6, 6.07) is 1.56. The molecule has 0 radical (unpaired) electrons. The third kappa shape index (κ3) is 3.51. The van der Waals surface area contributed by atoms with Gasteiger partial charge in [-0.25, -0.2) is 4.79 Å². The summed E-state index contributed by atoms with van der Waals surface area (Å²) in [5, 5.41) is 9.44. The molecule has 1 atom stereocenters. The molecule has 5 heteroatoms. The van der Waals surface area contributed by atoms with Gasteiger partial charge in [-0.15, -0.1) is 0 Å². The molecule has 0 amide bonds. The highest BCUT2D eigenvalue weighted by Crippen LogP contribution is 2.41. The molecule has 3 rings (SSSR count). The Hall–Kier alpha value is -2.56. The SMILES string of the molecule is CCC1=CC=C/C(=C2\c3cc(=O)c(C(=O)O)cn3C(C(C)(C)C)CN2C)C1. The molecule has 1 aliphatic carbocycles. The third-order valence-electron chi connectivity index (χ3n) is 5.52. The first-order valence-corrected chi connectivity index (χ1v) is 9.43. The number of aromatic carboxylic acids is 1. The van der Waals surface area contributed by atoms with Crippen molar-refractivity contribution in [2.24, 2.45) is 5.41 Å². The predicted molar refractivity (Wildman–Crippen MR) is 108 cm³/mol. The summed E-state index contributed by atoms with van der Waals surface area (Å²) in [6.07, 6.45) is 9.67. The van der Waals surface area contributed by atoms with Gasteiger partial charge < -0.3 is 14.6 Å². The van der Waals surface area contributed by atoms with Crippen molar-refractivity contribution in [3.05, 3.63) is 63.1 Å². The van der Waals surface area contributed by atoms with E-state index in [0.29, 0.717) is 0 Å². The van der Waals surface area contributed by atoms with Crippen LogP contribution in [0.2, 0.25) is 0 Å². The van der Waals surface area contributed by atoms with E-state index in [0.717, 1.165) is 30.8 Å². The van der Waals surface area contributed by atoms with E-state index in [9.17, 15) is 14.7 Å². The summed E-state index contributed by atoms with van der Waals surface area (Å²) in [4.78, 5) is 26.2. The molecular formula is C22H28N2O3. The lowest BCUT2D eigenvalue weighted by Gasteiger charge is -2.44. The van der Waals surface area contributed by atoms with Crippen LogP contribution in [0.25, 0.3) is 5.70 Å². The Bertz CT molecular complexity index is 926. The fourth-order valence-electron chi connectivity index (χ4n) is 3.96. The zero-order valence-electron chi connectivity index (χ0n) is 16.7.